The Morgan fingerprint density at radius 1 is 0.560 bits per heavy atom. The molecule has 0 heterocycles. The van der Waals surface area contributed by atoms with E-state index in [2.05, 4.69) is 133 Å². The molecule has 0 aliphatic carbocycles. The van der Waals surface area contributed by atoms with Gasteiger partial charge >= 0.3 is 0 Å². The molecule has 0 bridgehead atoms. The largest absolute Gasteiger partial charge is 0.0776 e. The quantitative estimate of drug-likeness (QED) is 0.316. The van der Waals surface area contributed by atoms with E-state index in [0.717, 1.165) is 8.95 Å². The molecule has 0 radical (unpaired) electrons. The number of hydrogen-bond donors (Lipinski definition) is 0. The fourth-order valence-electron chi connectivity index (χ4n) is 2.16. The first-order valence-electron chi connectivity index (χ1n) is 8.03. The van der Waals surface area contributed by atoms with Crippen LogP contribution in [-0.2, 0) is 10.8 Å². The fraction of sp³-hybridized carbons (Fsp3) is 0.455. The summed E-state index contributed by atoms with van der Waals surface area (Å²) in [6, 6.07) is 12.9. The Morgan fingerprint density at radius 3 is 1.20 bits per heavy atom. The summed E-state index contributed by atoms with van der Waals surface area (Å²) < 4.78 is 3.43. The first kappa shape index (κ1) is 24.9. The second kappa shape index (κ2) is 9.71. The molecule has 25 heavy (non-hydrogen) atoms. The summed E-state index contributed by atoms with van der Waals surface area (Å²) in [5.41, 5.74) is 4.49. The second-order valence-electron chi connectivity index (χ2n) is 8.18. The minimum absolute atomic E-state index is 0. The van der Waals surface area contributed by atoms with Crippen LogP contribution in [0, 0.1) is 6.92 Å². The van der Waals surface area contributed by atoms with E-state index >= 15 is 0 Å². The molecular weight excluding hydrogens is 504 g/mol. The third-order valence-corrected chi connectivity index (χ3v) is 5.01. The predicted octanol–water partition coefficient (Wildman–Crippen LogP) is 9.20. The molecule has 0 aromatic heterocycles. The van der Waals surface area contributed by atoms with Crippen LogP contribution in [0.3, 0.4) is 0 Å². The Bertz CT molecular complexity index is 587. The molecule has 0 atom stereocenters. The minimum atomic E-state index is 0. The van der Waals surface area contributed by atoms with Crippen molar-refractivity contribution in [3.05, 3.63) is 66.5 Å². The topological polar surface area (TPSA) is 0 Å². The van der Waals surface area contributed by atoms with Gasteiger partial charge in [-0.05, 0) is 64.8 Å². The lowest BCUT2D eigenvalue weighted by molar-refractivity contribution is 0.589. The highest BCUT2D eigenvalue weighted by atomic mass is 79.9. The van der Waals surface area contributed by atoms with E-state index in [-0.39, 0.29) is 18.3 Å². The lowest BCUT2D eigenvalue weighted by Gasteiger charge is -2.19. The highest BCUT2D eigenvalue weighted by molar-refractivity contribution is 9.11. The van der Waals surface area contributed by atoms with Crippen LogP contribution in [0.4, 0.5) is 0 Å². The molecular formula is C22H31Br3. The van der Waals surface area contributed by atoms with E-state index in [4.69, 9.17) is 0 Å². The average Bonchev–Trinajstić information content (AvgIpc) is 2.35. The van der Waals surface area contributed by atoms with Crippen molar-refractivity contribution in [1.82, 2.24) is 0 Å². The second-order valence-corrected chi connectivity index (χ2v) is 10.9. The Morgan fingerprint density at radius 2 is 0.880 bits per heavy atom. The first-order valence-corrected chi connectivity index (χ1v) is 10.4. The lowest BCUT2D eigenvalue weighted by atomic mass is 9.86. The number of halogens is 3. The maximum absolute atomic E-state index is 3.51. The summed E-state index contributed by atoms with van der Waals surface area (Å²) in [5, 5.41) is 0. The van der Waals surface area contributed by atoms with Crippen LogP contribution in [0.1, 0.15) is 65.7 Å². The molecule has 3 heteroatoms. The van der Waals surface area contributed by atoms with Gasteiger partial charge in [0.2, 0.25) is 0 Å². The standard InChI is InChI=1S/C11H15Br.C10H12Br2.CH4/c1-8-5-9(11(2,3)4)7-10(12)6-8;1-10(2,3)7-4-8(11)6-9(12)5-7;/h5-7H,1-4H3;4-6H,1-3H3;1H4. The molecule has 0 spiro atoms. The van der Waals surface area contributed by atoms with Crippen molar-refractivity contribution in [2.45, 2.75) is 66.7 Å². The lowest BCUT2D eigenvalue weighted by Crippen LogP contribution is -2.11. The van der Waals surface area contributed by atoms with Crippen molar-refractivity contribution in [3.8, 4) is 0 Å². The zero-order valence-corrected chi connectivity index (χ0v) is 20.4. The van der Waals surface area contributed by atoms with E-state index in [1.54, 1.807) is 0 Å². The number of benzene rings is 2. The third-order valence-electron chi connectivity index (χ3n) is 3.64. The molecule has 0 N–H and O–H groups in total. The molecule has 140 valence electrons. The van der Waals surface area contributed by atoms with Gasteiger partial charge in [0.1, 0.15) is 0 Å². The van der Waals surface area contributed by atoms with Gasteiger partial charge in [0, 0.05) is 13.4 Å². The molecule has 0 aliphatic heterocycles. The Labute approximate surface area is 180 Å². The summed E-state index contributed by atoms with van der Waals surface area (Å²) in [6.07, 6.45) is 0. The third kappa shape index (κ3) is 8.88. The van der Waals surface area contributed by atoms with E-state index < -0.39 is 0 Å². The number of hydrogen-bond acceptors (Lipinski definition) is 0. The van der Waals surface area contributed by atoms with Crippen molar-refractivity contribution in [3.63, 3.8) is 0 Å². The maximum atomic E-state index is 3.51. The van der Waals surface area contributed by atoms with Crippen LogP contribution < -0.4 is 0 Å². The highest BCUT2D eigenvalue weighted by Crippen LogP contribution is 2.28. The van der Waals surface area contributed by atoms with Crippen molar-refractivity contribution < 1.29 is 0 Å². The van der Waals surface area contributed by atoms with Gasteiger partial charge in [-0.2, -0.15) is 0 Å². The van der Waals surface area contributed by atoms with E-state index in [1.807, 2.05) is 0 Å². The van der Waals surface area contributed by atoms with E-state index in [9.17, 15) is 0 Å². The average molecular weight is 535 g/mol. The first-order chi connectivity index (χ1) is 10.8. The molecule has 0 saturated heterocycles. The van der Waals surface area contributed by atoms with Crippen LogP contribution >= 0.6 is 47.8 Å². The summed E-state index contributed by atoms with van der Waals surface area (Å²) in [6.45, 7) is 15.4. The number of aryl methyl sites for hydroxylation is 1. The normalized spacial score (nSPS) is 11.3. The van der Waals surface area contributed by atoms with Gasteiger partial charge in [-0.1, -0.05) is 103 Å². The van der Waals surface area contributed by atoms with E-state index in [0.29, 0.717) is 0 Å². The summed E-state index contributed by atoms with van der Waals surface area (Å²) in [5.74, 6) is 0. The van der Waals surface area contributed by atoms with Crippen molar-refractivity contribution >= 4 is 47.8 Å². The van der Waals surface area contributed by atoms with Crippen LogP contribution in [-0.4, -0.2) is 0 Å². The van der Waals surface area contributed by atoms with Gasteiger partial charge in [-0.3, -0.25) is 0 Å². The smallest absolute Gasteiger partial charge is 0.0189 e. The monoisotopic (exact) mass is 532 g/mol. The summed E-state index contributed by atoms with van der Waals surface area (Å²) >= 11 is 10.5. The molecule has 0 fully saturated rings. The van der Waals surface area contributed by atoms with Gasteiger partial charge in [0.25, 0.3) is 0 Å². The van der Waals surface area contributed by atoms with E-state index in [1.165, 1.54) is 21.2 Å². The highest BCUT2D eigenvalue weighted by Gasteiger charge is 2.14. The van der Waals surface area contributed by atoms with Gasteiger partial charge in [0.15, 0.2) is 0 Å². The molecule has 2 aromatic carbocycles. The van der Waals surface area contributed by atoms with Gasteiger partial charge in [0.05, 0.1) is 0 Å². The predicted molar refractivity (Wildman–Crippen MR) is 125 cm³/mol. The SMILES string of the molecule is C.CC(C)(C)c1cc(Br)cc(Br)c1.Cc1cc(Br)cc(C(C)(C)C)c1. The zero-order chi connectivity index (χ0) is 18.7. The van der Waals surface area contributed by atoms with Crippen LogP contribution in [0.2, 0.25) is 0 Å². The van der Waals surface area contributed by atoms with Gasteiger partial charge < -0.3 is 0 Å². The van der Waals surface area contributed by atoms with Crippen molar-refractivity contribution in [2.24, 2.45) is 0 Å². The van der Waals surface area contributed by atoms with Crippen LogP contribution in [0.15, 0.2) is 49.8 Å². The summed E-state index contributed by atoms with van der Waals surface area (Å²) in [7, 11) is 0. The van der Waals surface area contributed by atoms with Gasteiger partial charge in [-0.25, -0.2) is 0 Å². The molecule has 0 unspecified atom stereocenters. The molecule has 0 nitrogen and oxygen atoms in total. The number of rotatable bonds is 0. The maximum Gasteiger partial charge on any atom is 0.0189 e. The molecule has 0 saturated carbocycles. The summed E-state index contributed by atoms with van der Waals surface area (Å²) in [4.78, 5) is 0. The van der Waals surface area contributed by atoms with Crippen molar-refractivity contribution in [2.75, 3.05) is 0 Å². The zero-order valence-electron chi connectivity index (χ0n) is 15.6. The Kier molecular flexibility index (Phi) is 9.66. The van der Waals surface area contributed by atoms with Crippen LogP contribution in [0.25, 0.3) is 0 Å². The fourth-order valence-corrected chi connectivity index (χ4v) is 4.06. The molecule has 2 rings (SSSR count). The van der Waals surface area contributed by atoms with Crippen LogP contribution in [0.5, 0.6) is 0 Å². The van der Waals surface area contributed by atoms with Gasteiger partial charge in [-0.15, -0.1) is 0 Å². The Hall–Kier alpha value is -0.120. The molecule has 0 aliphatic rings. The minimum Gasteiger partial charge on any atom is -0.0776 e. The van der Waals surface area contributed by atoms with Crippen molar-refractivity contribution in [1.29, 1.82) is 0 Å². The molecule has 2 aromatic rings. The Balaban J connectivity index is 0.000000443. The molecule has 0 amide bonds.